The van der Waals surface area contributed by atoms with Gasteiger partial charge in [0.2, 0.25) is 0 Å². The van der Waals surface area contributed by atoms with Crippen molar-refractivity contribution < 1.29 is 26.7 Å². The van der Waals surface area contributed by atoms with Crippen LogP contribution in [0.4, 0.5) is 22.0 Å². The molecule has 2 aromatic carbocycles. The first-order chi connectivity index (χ1) is 17.1. The Hall–Kier alpha value is -2.65. The Kier molecular flexibility index (Phi) is 6.72. The monoisotopic (exact) mass is 507 g/mol. The Labute approximate surface area is 207 Å². The first-order valence-electron chi connectivity index (χ1n) is 12.3. The summed E-state index contributed by atoms with van der Waals surface area (Å²) in [6, 6.07) is 5.72. The minimum absolute atomic E-state index is 0.0341. The summed E-state index contributed by atoms with van der Waals surface area (Å²) in [5.41, 5.74) is 0.185. The number of fused-ring (bicyclic) bond motifs is 3. The molecule has 1 aromatic heterocycles. The summed E-state index contributed by atoms with van der Waals surface area (Å²) in [6.45, 7) is 4.91. The molecule has 1 N–H and O–H groups in total. The first-order valence-corrected chi connectivity index (χ1v) is 12.3. The zero-order chi connectivity index (χ0) is 25.6. The number of likely N-dealkylation sites (tertiary alicyclic amines) is 1. The number of nitrogens with one attached hydrogen (secondary N) is 1. The van der Waals surface area contributed by atoms with E-state index in [-0.39, 0.29) is 37.1 Å². The van der Waals surface area contributed by atoms with Crippen LogP contribution in [0.2, 0.25) is 0 Å². The molecule has 4 nitrogen and oxygen atoms in total. The van der Waals surface area contributed by atoms with E-state index in [1.807, 2.05) is 4.90 Å². The standard InChI is InChI=1S/C27H30F5N3O/c1-27(2,32)15-35-6-5-19-20-9-17(29)3-4-23(20)33-25(19)26(35)24-21(30)10-18(11-22(24)31)36-8-7-34-13-16(12-28)14-34/h3-4,9-11,16,26,33H,5-8,12-15H2,1-2H3/t26-/m0/s1. The lowest BCUT2D eigenvalue weighted by atomic mass is 9.90. The zero-order valence-electron chi connectivity index (χ0n) is 20.4. The van der Waals surface area contributed by atoms with Gasteiger partial charge >= 0.3 is 0 Å². The molecule has 1 atom stereocenters. The third-order valence-electron chi connectivity index (χ3n) is 7.02. The van der Waals surface area contributed by atoms with Gasteiger partial charge in [-0.3, -0.25) is 14.2 Å². The van der Waals surface area contributed by atoms with Crippen LogP contribution in [-0.4, -0.2) is 66.5 Å². The molecule has 0 unspecified atom stereocenters. The first kappa shape index (κ1) is 25.0. The second-order valence-electron chi connectivity index (χ2n) is 10.5. The van der Waals surface area contributed by atoms with Crippen molar-refractivity contribution in [2.45, 2.75) is 32.0 Å². The lowest BCUT2D eigenvalue weighted by Gasteiger charge is -2.38. The van der Waals surface area contributed by atoms with Crippen LogP contribution in [0.15, 0.2) is 30.3 Å². The van der Waals surface area contributed by atoms with Crippen molar-refractivity contribution in [1.29, 1.82) is 0 Å². The summed E-state index contributed by atoms with van der Waals surface area (Å²) in [4.78, 5) is 6.96. The fraction of sp³-hybridized carbons (Fsp3) is 0.481. The van der Waals surface area contributed by atoms with Gasteiger partial charge in [-0.05, 0) is 44.0 Å². The Balaban J connectivity index is 1.45. The highest BCUT2D eigenvalue weighted by Gasteiger charge is 2.38. The van der Waals surface area contributed by atoms with Crippen LogP contribution >= 0.6 is 0 Å². The van der Waals surface area contributed by atoms with Gasteiger partial charge < -0.3 is 9.72 Å². The normalized spacial score (nSPS) is 19.5. The quantitative estimate of drug-likeness (QED) is 0.405. The molecule has 3 heterocycles. The van der Waals surface area contributed by atoms with Crippen LogP contribution in [0.25, 0.3) is 10.9 Å². The molecule has 0 spiro atoms. The van der Waals surface area contributed by atoms with Gasteiger partial charge in [-0.2, -0.15) is 0 Å². The highest BCUT2D eigenvalue weighted by atomic mass is 19.2. The maximum atomic E-state index is 15.5. The van der Waals surface area contributed by atoms with Crippen molar-refractivity contribution in [3.63, 3.8) is 0 Å². The van der Waals surface area contributed by atoms with E-state index >= 15 is 8.78 Å². The van der Waals surface area contributed by atoms with Crippen molar-refractivity contribution in [2.75, 3.05) is 46.0 Å². The number of aromatic nitrogens is 1. The summed E-state index contributed by atoms with van der Waals surface area (Å²) in [5.74, 6) is -1.88. The van der Waals surface area contributed by atoms with Crippen molar-refractivity contribution >= 4 is 10.9 Å². The number of alkyl halides is 2. The molecule has 0 amide bonds. The Morgan fingerprint density at radius 2 is 1.81 bits per heavy atom. The third-order valence-corrected chi connectivity index (χ3v) is 7.02. The van der Waals surface area contributed by atoms with Crippen LogP contribution < -0.4 is 4.74 Å². The molecule has 36 heavy (non-hydrogen) atoms. The molecule has 2 aliphatic rings. The molecule has 0 radical (unpaired) electrons. The SMILES string of the molecule is CC(C)(F)CN1CCc2c([nH]c3ccc(F)cc23)[C@@H]1c1c(F)cc(OCCN2CC(CF)C2)cc1F. The van der Waals surface area contributed by atoms with Crippen molar-refractivity contribution in [2.24, 2.45) is 5.92 Å². The Morgan fingerprint density at radius 1 is 1.08 bits per heavy atom. The Bertz CT molecular complexity index is 1230. The van der Waals surface area contributed by atoms with Gasteiger partial charge in [0.1, 0.15) is 35.5 Å². The van der Waals surface area contributed by atoms with Gasteiger partial charge in [0.05, 0.1) is 12.7 Å². The maximum absolute atomic E-state index is 15.5. The highest BCUT2D eigenvalue weighted by molar-refractivity contribution is 5.85. The molecule has 1 fully saturated rings. The third kappa shape index (κ3) is 4.95. The van der Waals surface area contributed by atoms with E-state index in [9.17, 15) is 13.2 Å². The number of aromatic amines is 1. The predicted octanol–water partition coefficient (Wildman–Crippen LogP) is 5.56. The number of nitrogens with zero attached hydrogens (tertiary/aromatic N) is 2. The second kappa shape index (κ2) is 9.67. The minimum Gasteiger partial charge on any atom is -0.492 e. The summed E-state index contributed by atoms with van der Waals surface area (Å²) < 4.78 is 77.9. The van der Waals surface area contributed by atoms with Gasteiger partial charge in [0, 0.05) is 72.9 Å². The van der Waals surface area contributed by atoms with Crippen LogP contribution in [-0.2, 0) is 6.42 Å². The average Bonchev–Trinajstić information content (AvgIpc) is 3.13. The number of ether oxygens (including phenoxy) is 1. The average molecular weight is 508 g/mol. The van der Waals surface area contributed by atoms with E-state index in [1.54, 1.807) is 11.0 Å². The topological polar surface area (TPSA) is 31.5 Å². The molecule has 5 rings (SSSR count). The van der Waals surface area contributed by atoms with Crippen LogP contribution in [0.1, 0.15) is 36.7 Å². The lowest BCUT2D eigenvalue weighted by Crippen LogP contribution is -2.49. The lowest BCUT2D eigenvalue weighted by molar-refractivity contribution is 0.0667. The molecule has 3 aromatic rings. The van der Waals surface area contributed by atoms with Crippen LogP contribution in [0.5, 0.6) is 5.75 Å². The van der Waals surface area contributed by atoms with Crippen LogP contribution in [0, 0.1) is 23.4 Å². The highest BCUT2D eigenvalue weighted by Crippen LogP contribution is 2.42. The smallest absolute Gasteiger partial charge is 0.135 e. The molecule has 0 bridgehead atoms. The fourth-order valence-electron chi connectivity index (χ4n) is 5.45. The van der Waals surface area contributed by atoms with Crippen molar-refractivity contribution in [3.8, 4) is 5.75 Å². The van der Waals surface area contributed by atoms with Gasteiger partial charge in [-0.15, -0.1) is 0 Å². The zero-order valence-corrected chi connectivity index (χ0v) is 20.4. The van der Waals surface area contributed by atoms with Crippen molar-refractivity contribution in [1.82, 2.24) is 14.8 Å². The fourth-order valence-corrected chi connectivity index (χ4v) is 5.45. The molecule has 0 saturated carbocycles. The maximum Gasteiger partial charge on any atom is 0.135 e. The van der Waals surface area contributed by atoms with E-state index in [0.29, 0.717) is 49.2 Å². The molecular weight excluding hydrogens is 477 g/mol. The molecule has 9 heteroatoms. The van der Waals surface area contributed by atoms with Gasteiger partial charge in [0.25, 0.3) is 0 Å². The van der Waals surface area contributed by atoms with E-state index in [1.165, 1.54) is 26.0 Å². The number of hydrogen-bond acceptors (Lipinski definition) is 3. The molecule has 2 aliphatic heterocycles. The molecular formula is C27H30F5N3O. The van der Waals surface area contributed by atoms with E-state index in [0.717, 1.165) is 17.7 Å². The number of H-pyrrole nitrogens is 1. The van der Waals surface area contributed by atoms with Gasteiger partial charge in [-0.25, -0.2) is 17.6 Å². The number of hydrogen-bond donors (Lipinski definition) is 1. The molecule has 194 valence electrons. The summed E-state index contributed by atoms with van der Waals surface area (Å²) in [7, 11) is 0. The van der Waals surface area contributed by atoms with E-state index < -0.39 is 29.2 Å². The minimum atomic E-state index is -1.60. The molecule has 1 saturated heterocycles. The van der Waals surface area contributed by atoms with Gasteiger partial charge in [0.15, 0.2) is 0 Å². The summed E-state index contributed by atoms with van der Waals surface area (Å²) >= 11 is 0. The second-order valence-corrected chi connectivity index (χ2v) is 10.5. The molecule has 0 aliphatic carbocycles. The number of benzene rings is 2. The summed E-state index contributed by atoms with van der Waals surface area (Å²) in [6.07, 6.45) is 0.496. The number of rotatable bonds is 8. The van der Waals surface area contributed by atoms with E-state index in [2.05, 4.69) is 4.98 Å². The van der Waals surface area contributed by atoms with Gasteiger partial charge in [-0.1, -0.05) is 0 Å². The van der Waals surface area contributed by atoms with E-state index in [4.69, 9.17) is 4.74 Å². The van der Waals surface area contributed by atoms with Crippen molar-refractivity contribution in [3.05, 3.63) is 64.6 Å². The largest absolute Gasteiger partial charge is 0.492 e. The Morgan fingerprint density at radius 3 is 2.47 bits per heavy atom. The predicted molar refractivity (Wildman–Crippen MR) is 128 cm³/mol. The van der Waals surface area contributed by atoms with Crippen LogP contribution in [0.3, 0.4) is 0 Å². The number of halogens is 5. The summed E-state index contributed by atoms with van der Waals surface area (Å²) in [5, 5.41) is 0.663.